The normalized spacial score (nSPS) is 11.2. The third-order valence-electron chi connectivity index (χ3n) is 4.01. The van der Waals surface area contributed by atoms with E-state index in [0.29, 0.717) is 17.9 Å². The fraction of sp³-hybridized carbons (Fsp3) is 0.300. The molecule has 2 amide bonds. The molecule has 0 radical (unpaired) electrons. The molecule has 2 aromatic carbocycles. The van der Waals surface area contributed by atoms with E-state index in [0.717, 1.165) is 11.1 Å². The number of carbonyl (C=O) groups is 2. The Morgan fingerprint density at radius 3 is 2.37 bits per heavy atom. The molecular formula is C20H24N2O5. The predicted molar refractivity (Wildman–Crippen MR) is 101 cm³/mol. The molecule has 0 heterocycles. The van der Waals surface area contributed by atoms with Gasteiger partial charge in [0.1, 0.15) is 17.5 Å². The minimum absolute atomic E-state index is 0.234. The van der Waals surface area contributed by atoms with Crippen LogP contribution >= 0.6 is 0 Å². The van der Waals surface area contributed by atoms with E-state index in [4.69, 9.17) is 14.2 Å². The average Bonchev–Trinajstić information content (AvgIpc) is 2.71. The van der Waals surface area contributed by atoms with Crippen LogP contribution in [0.2, 0.25) is 0 Å². The van der Waals surface area contributed by atoms with Crippen LogP contribution in [0.15, 0.2) is 48.5 Å². The molecule has 2 N–H and O–H groups in total. The van der Waals surface area contributed by atoms with Crippen LogP contribution < -0.4 is 20.1 Å². The van der Waals surface area contributed by atoms with Gasteiger partial charge in [-0.15, -0.1) is 0 Å². The number of benzene rings is 2. The average molecular weight is 372 g/mol. The fourth-order valence-corrected chi connectivity index (χ4v) is 2.57. The maximum atomic E-state index is 12.3. The van der Waals surface area contributed by atoms with Crippen molar-refractivity contribution in [1.82, 2.24) is 10.6 Å². The Bertz CT molecular complexity index is 764. The molecule has 27 heavy (non-hydrogen) atoms. The van der Waals surface area contributed by atoms with E-state index in [1.54, 1.807) is 32.4 Å². The number of urea groups is 1. The van der Waals surface area contributed by atoms with E-state index in [1.807, 2.05) is 30.3 Å². The number of carbonyl (C=O) groups excluding carboxylic acids is 2. The van der Waals surface area contributed by atoms with Gasteiger partial charge in [-0.3, -0.25) is 0 Å². The molecule has 2 aromatic rings. The third kappa shape index (κ3) is 5.91. The van der Waals surface area contributed by atoms with Gasteiger partial charge in [0.05, 0.1) is 21.3 Å². The largest absolute Gasteiger partial charge is 0.497 e. The second-order valence-electron chi connectivity index (χ2n) is 5.77. The molecular weight excluding hydrogens is 348 g/mol. The summed E-state index contributed by atoms with van der Waals surface area (Å²) in [7, 11) is 4.41. The van der Waals surface area contributed by atoms with Crippen molar-refractivity contribution in [2.24, 2.45) is 0 Å². The quantitative estimate of drug-likeness (QED) is 0.695. The van der Waals surface area contributed by atoms with Gasteiger partial charge in [-0.05, 0) is 17.7 Å². The molecule has 0 aromatic heterocycles. The molecule has 0 saturated carbocycles. The Labute approximate surface area is 158 Å². The molecule has 7 nitrogen and oxygen atoms in total. The van der Waals surface area contributed by atoms with Gasteiger partial charge in [0.15, 0.2) is 0 Å². The Morgan fingerprint density at radius 1 is 1.00 bits per heavy atom. The third-order valence-corrected chi connectivity index (χ3v) is 4.01. The molecule has 1 atom stereocenters. The van der Waals surface area contributed by atoms with Crippen molar-refractivity contribution in [2.75, 3.05) is 21.3 Å². The lowest BCUT2D eigenvalue weighted by molar-refractivity contribution is -0.142. The van der Waals surface area contributed by atoms with E-state index in [2.05, 4.69) is 10.6 Å². The number of ether oxygens (including phenoxy) is 3. The van der Waals surface area contributed by atoms with Crippen molar-refractivity contribution in [3.05, 3.63) is 59.7 Å². The second kappa shape index (κ2) is 10.1. The highest BCUT2D eigenvalue weighted by Gasteiger charge is 2.22. The minimum Gasteiger partial charge on any atom is -0.497 e. The number of rotatable bonds is 8. The summed E-state index contributed by atoms with van der Waals surface area (Å²) >= 11 is 0. The highest BCUT2D eigenvalue weighted by Crippen LogP contribution is 2.24. The van der Waals surface area contributed by atoms with Crippen molar-refractivity contribution in [3.8, 4) is 11.5 Å². The Balaban J connectivity index is 1.98. The van der Waals surface area contributed by atoms with Gasteiger partial charge < -0.3 is 24.8 Å². The monoisotopic (exact) mass is 372 g/mol. The van der Waals surface area contributed by atoms with Crippen LogP contribution in [0.3, 0.4) is 0 Å². The first-order valence-corrected chi connectivity index (χ1v) is 8.44. The van der Waals surface area contributed by atoms with E-state index < -0.39 is 18.0 Å². The zero-order chi connectivity index (χ0) is 19.6. The summed E-state index contributed by atoms with van der Waals surface area (Å²) in [6, 6.07) is 13.5. The lowest BCUT2D eigenvalue weighted by Gasteiger charge is -2.17. The number of methoxy groups -OCH3 is 3. The van der Waals surface area contributed by atoms with Crippen LogP contribution in [0.4, 0.5) is 4.79 Å². The van der Waals surface area contributed by atoms with Crippen molar-refractivity contribution < 1.29 is 23.8 Å². The topological polar surface area (TPSA) is 85.9 Å². The summed E-state index contributed by atoms with van der Waals surface area (Å²) in [5.41, 5.74) is 1.70. The molecule has 0 spiro atoms. The molecule has 0 unspecified atom stereocenters. The Morgan fingerprint density at radius 2 is 1.74 bits per heavy atom. The van der Waals surface area contributed by atoms with Gasteiger partial charge in [-0.1, -0.05) is 30.3 Å². The van der Waals surface area contributed by atoms with E-state index >= 15 is 0 Å². The van der Waals surface area contributed by atoms with Crippen molar-refractivity contribution in [1.29, 1.82) is 0 Å². The summed E-state index contributed by atoms with van der Waals surface area (Å²) in [6.45, 7) is 0.234. The first-order chi connectivity index (χ1) is 13.1. The van der Waals surface area contributed by atoms with Gasteiger partial charge in [0.2, 0.25) is 0 Å². The van der Waals surface area contributed by atoms with Crippen LogP contribution in [0, 0.1) is 0 Å². The summed E-state index contributed by atoms with van der Waals surface area (Å²) in [6.07, 6.45) is 0.340. The summed E-state index contributed by atoms with van der Waals surface area (Å²) in [5, 5.41) is 5.38. The summed E-state index contributed by atoms with van der Waals surface area (Å²) in [5.74, 6) is 0.758. The molecule has 0 fully saturated rings. The highest BCUT2D eigenvalue weighted by atomic mass is 16.5. The van der Waals surface area contributed by atoms with Crippen molar-refractivity contribution >= 4 is 12.0 Å². The Kier molecular flexibility index (Phi) is 7.49. The van der Waals surface area contributed by atoms with Gasteiger partial charge in [0, 0.05) is 24.6 Å². The van der Waals surface area contributed by atoms with E-state index in [1.165, 1.54) is 7.11 Å². The first kappa shape index (κ1) is 20.1. The van der Waals surface area contributed by atoms with Crippen LogP contribution in [0.1, 0.15) is 11.1 Å². The Hall–Kier alpha value is -3.22. The zero-order valence-electron chi connectivity index (χ0n) is 15.7. The number of amides is 2. The first-order valence-electron chi connectivity index (χ1n) is 8.44. The second-order valence-corrected chi connectivity index (χ2v) is 5.77. The molecule has 7 heteroatoms. The lowest BCUT2D eigenvalue weighted by Crippen LogP contribution is -2.47. The predicted octanol–water partition coefficient (Wildman–Crippen LogP) is 2.29. The summed E-state index contributed by atoms with van der Waals surface area (Å²) < 4.78 is 15.3. The number of nitrogens with one attached hydrogen (secondary N) is 2. The van der Waals surface area contributed by atoms with E-state index in [9.17, 15) is 9.59 Å². The van der Waals surface area contributed by atoms with E-state index in [-0.39, 0.29) is 6.54 Å². The minimum atomic E-state index is -0.782. The van der Waals surface area contributed by atoms with Crippen molar-refractivity contribution in [2.45, 2.75) is 19.0 Å². The fourth-order valence-electron chi connectivity index (χ4n) is 2.57. The van der Waals surface area contributed by atoms with Crippen LogP contribution in [0.25, 0.3) is 0 Å². The number of esters is 1. The molecule has 0 saturated heterocycles. The van der Waals surface area contributed by atoms with Crippen molar-refractivity contribution in [3.63, 3.8) is 0 Å². The van der Waals surface area contributed by atoms with Crippen LogP contribution in [-0.4, -0.2) is 39.4 Å². The maximum absolute atomic E-state index is 12.3. The maximum Gasteiger partial charge on any atom is 0.328 e. The van der Waals surface area contributed by atoms with Crippen LogP contribution in [0.5, 0.6) is 11.5 Å². The SMILES string of the molecule is COC(=O)[C@H](Cc1ccccc1)NC(=O)NCc1ccc(OC)cc1OC. The van der Waals surface area contributed by atoms with Gasteiger partial charge in [-0.25, -0.2) is 9.59 Å². The zero-order valence-corrected chi connectivity index (χ0v) is 15.7. The van der Waals surface area contributed by atoms with Gasteiger partial charge in [-0.2, -0.15) is 0 Å². The standard InChI is InChI=1S/C20H24N2O5/c1-25-16-10-9-15(18(12-16)26-2)13-21-20(24)22-17(19(23)27-3)11-14-7-5-4-6-8-14/h4-10,12,17H,11,13H2,1-3H3,(H2,21,22,24)/t17-/m0/s1. The van der Waals surface area contributed by atoms with Crippen LogP contribution in [-0.2, 0) is 22.5 Å². The molecule has 2 rings (SSSR count). The molecule has 0 aliphatic heterocycles. The number of hydrogen-bond acceptors (Lipinski definition) is 5. The molecule has 0 bridgehead atoms. The summed E-state index contributed by atoms with van der Waals surface area (Å²) in [4.78, 5) is 24.3. The lowest BCUT2D eigenvalue weighted by atomic mass is 10.1. The van der Waals surface area contributed by atoms with Gasteiger partial charge in [0.25, 0.3) is 0 Å². The number of hydrogen-bond donors (Lipinski definition) is 2. The smallest absolute Gasteiger partial charge is 0.328 e. The van der Waals surface area contributed by atoms with Gasteiger partial charge >= 0.3 is 12.0 Å². The highest BCUT2D eigenvalue weighted by molar-refractivity contribution is 5.83. The molecule has 144 valence electrons. The molecule has 0 aliphatic rings. The molecule has 0 aliphatic carbocycles.